The van der Waals surface area contributed by atoms with E-state index >= 15 is 0 Å². The summed E-state index contributed by atoms with van der Waals surface area (Å²) in [5.41, 5.74) is 1.17. The Labute approximate surface area is 88.0 Å². The van der Waals surface area contributed by atoms with Gasteiger partial charge in [-0.05, 0) is 28.1 Å². The summed E-state index contributed by atoms with van der Waals surface area (Å²) >= 11 is 3.31. The van der Waals surface area contributed by atoms with Gasteiger partial charge in [0.15, 0.2) is 5.58 Å². The summed E-state index contributed by atoms with van der Waals surface area (Å²) < 4.78 is 10.5. The minimum Gasteiger partial charge on any atom is -0.462 e. The number of methoxy groups -OCH3 is 1. The van der Waals surface area contributed by atoms with Crippen molar-refractivity contribution in [2.75, 3.05) is 7.11 Å². The molecule has 0 aliphatic heterocycles. The zero-order valence-corrected chi connectivity index (χ0v) is 8.87. The molecule has 1 aromatic carbocycles. The molecule has 0 aliphatic carbocycles. The standard InChI is InChI=1S/C9H6BrNO3/c1-13-9(12)8-11-7-5(10)3-2-4-6(7)14-8/h2-4H,1H3. The van der Waals surface area contributed by atoms with Crippen molar-refractivity contribution in [2.24, 2.45) is 0 Å². The number of esters is 1. The van der Waals surface area contributed by atoms with E-state index in [9.17, 15) is 4.79 Å². The molecule has 0 spiro atoms. The fourth-order valence-corrected chi connectivity index (χ4v) is 1.53. The molecule has 2 aromatic rings. The van der Waals surface area contributed by atoms with Crippen LogP contribution in [0.1, 0.15) is 10.7 Å². The number of carbonyl (C=O) groups is 1. The van der Waals surface area contributed by atoms with Crippen molar-refractivity contribution in [3.8, 4) is 0 Å². The Bertz CT molecular complexity index is 492. The summed E-state index contributed by atoms with van der Waals surface area (Å²) in [5.74, 6) is -0.609. The average molecular weight is 256 g/mol. The number of carbonyl (C=O) groups excluding carboxylic acids is 1. The van der Waals surface area contributed by atoms with Crippen LogP contribution in [0.5, 0.6) is 0 Å². The molecule has 0 amide bonds. The molecule has 1 aromatic heterocycles. The van der Waals surface area contributed by atoms with E-state index in [4.69, 9.17) is 4.42 Å². The maximum atomic E-state index is 11.1. The Morgan fingerprint density at radius 3 is 3.00 bits per heavy atom. The lowest BCUT2D eigenvalue weighted by molar-refractivity contribution is 0.0559. The number of oxazole rings is 1. The lowest BCUT2D eigenvalue weighted by Crippen LogP contribution is -2.00. The van der Waals surface area contributed by atoms with Crippen LogP contribution in [0.25, 0.3) is 11.1 Å². The molecule has 1 heterocycles. The smallest absolute Gasteiger partial charge is 0.394 e. The van der Waals surface area contributed by atoms with Gasteiger partial charge >= 0.3 is 11.9 Å². The molecule has 2 rings (SSSR count). The van der Waals surface area contributed by atoms with Gasteiger partial charge in [-0.15, -0.1) is 0 Å². The summed E-state index contributed by atoms with van der Waals surface area (Å²) in [6.45, 7) is 0. The van der Waals surface area contributed by atoms with Crippen LogP contribution < -0.4 is 0 Å². The average Bonchev–Trinajstić information content (AvgIpc) is 2.62. The second-order valence-electron chi connectivity index (χ2n) is 2.60. The number of hydrogen-bond acceptors (Lipinski definition) is 4. The molecule has 72 valence electrons. The van der Waals surface area contributed by atoms with Crippen LogP contribution in [0.4, 0.5) is 0 Å². The van der Waals surface area contributed by atoms with Crippen LogP contribution in [0, 0.1) is 0 Å². The van der Waals surface area contributed by atoms with E-state index in [1.807, 2.05) is 6.07 Å². The molecule has 0 saturated carbocycles. The Morgan fingerprint density at radius 2 is 2.36 bits per heavy atom. The molecular formula is C9H6BrNO3. The van der Waals surface area contributed by atoms with Crippen molar-refractivity contribution < 1.29 is 13.9 Å². The van der Waals surface area contributed by atoms with E-state index in [0.29, 0.717) is 11.1 Å². The third-order valence-electron chi connectivity index (χ3n) is 1.73. The molecule has 0 fully saturated rings. The molecule has 5 heteroatoms. The fraction of sp³-hybridized carbons (Fsp3) is 0.111. The Morgan fingerprint density at radius 1 is 1.57 bits per heavy atom. The number of hydrogen-bond donors (Lipinski definition) is 0. The Hall–Kier alpha value is -1.36. The number of ether oxygens (including phenoxy) is 1. The van der Waals surface area contributed by atoms with Gasteiger partial charge in [0.25, 0.3) is 0 Å². The SMILES string of the molecule is COC(=O)c1nc2c(Br)cccc2o1. The minimum absolute atomic E-state index is 0.0330. The predicted molar refractivity (Wildman–Crippen MR) is 53.0 cm³/mol. The maximum Gasteiger partial charge on any atom is 0.394 e. The van der Waals surface area contributed by atoms with Gasteiger partial charge in [0.1, 0.15) is 5.52 Å². The molecule has 0 bridgehead atoms. The first-order valence-electron chi connectivity index (χ1n) is 3.85. The predicted octanol–water partition coefficient (Wildman–Crippen LogP) is 2.38. The van der Waals surface area contributed by atoms with Crippen molar-refractivity contribution in [1.82, 2.24) is 4.98 Å². The summed E-state index contributed by atoms with van der Waals surface area (Å²) in [6.07, 6.45) is 0. The van der Waals surface area contributed by atoms with Crippen molar-refractivity contribution in [3.05, 3.63) is 28.6 Å². The van der Waals surface area contributed by atoms with Crippen LogP contribution in [0.15, 0.2) is 27.1 Å². The highest BCUT2D eigenvalue weighted by molar-refractivity contribution is 9.10. The van der Waals surface area contributed by atoms with Crippen molar-refractivity contribution in [1.29, 1.82) is 0 Å². The lowest BCUT2D eigenvalue weighted by atomic mass is 10.3. The van der Waals surface area contributed by atoms with Gasteiger partial charge < -0.3 is 9.15 Å². The molecule has 0 saturated heterocycles. The highest BCUT2D eigenvalue weighted by Gasteiger charge is 2.15. The van der Waals surface area contributed by atoms with Gasteiger partial charge in [0.05, 0.1) is 7.11 Å². The Kier molecular flexibility index (Phi) is 2.25. The molecule has 0 aliphatic rings. The molecular weight excluding hydrogens is 250 g/mol. The second kappa shape index (κ2) is 3.42. The van der Waals surface area contributed by atoms with Gasteiger partial charge in [0.2, 0.25) is 0 Å². The number of rotatable bonds is 1. The van der Waals surface area contributed by atoms with E-state index in [0.717, 1.165) is 4.47 Å². The molecule has 4 nitrogen and oxygen atoms in total. The first-order valence-corrected chi connectivity index (χ1v) is 4.65. The normalized spacial score (nSPS) is 10.4. The summed E-state index contributed by atoms with van der Waals surface area (Å²) in [7, 11) is 1.28. The monoisotopic (exact) mass is 255 g/mol. The molecule has 0 radical (unpaired) electrons. The number of fused-ring (bicyclic) bond motifs is 1. The second-order valence-corrected chi connectivity index (χ2v) is 3.45. The topological polar surface area (TPSA) is 52.3 Å². The number of halogens is 1. The third kappa shape index (κ3) is 1.39. The first-order chi connectivity index (χ1) is 6.72. The largest absolute Gasteiger partial charge is 0.462 e. The fourth-order valence-electron chi connectivity index (χ4n) is 1.09. The minimum atomic E-state index is -0.576. The molecule has 14 heavy (non-hydrogen) atoms. The van der Waals surface area contributed by atoms with Gasteiger partial charge in [-0.2, -0.15) is 0 Å². The third-order valence-corrected chi connectivity index (χ3v) is 2.37. The lowest BCUT2D eigenvalue weighted by Gasteiger charge is -1.88. The van der Waals surface area contributed by atoms with Crippen LogP contribution in [0.2, 0.25) is 0 Å². The first kappa shape index (κ1) is 9.21. The van der Waals surface area contributed by atoms with E-state index in [1.54, 1.807) is 12.1 Å². The number of nitrogens with zero attached hydrogens (tertiary/aromatic N) is 1. The zero-order chi connectivity index (χ0) is 10.1. The van der Waals surface area contributed by atoms with Crippen LogP contribution in [-0.2, 0) is 4.74 Å². The summed E-state index contributed by atoms with van der Waals surface area (Å²) in [6, 6.07) is 5.37. The van der Waals surface area contributed by atoms with Crippen LogP contribution in [0.3, 0.4) is 0 Å². The summed E-state index contributed by atoms with van der Waals surface area (Å²) in [4.78, 5) is 15.1. The van der Waals surface area contributed by atoms with Gasteiger partial charge in [-0.3, -0.25) is 0 Å². The highest BCUT2D eigenvalue weighted by Crippen LogP contribution is 2.23. The van der Waals surface area contributed by atoms with Gasteiger partial charge in [0, 0.05) is 4.47 Å². The van der Waals surface area contributed by atoms with Gasteiger partial charge in [-0.1, -0.05) is 6.07 Å². The van der Waals surface area contributed by atoms with Crippen molar-refractivity contribution >= 4 is 33.0 Å². The van der Waals surface area contributed by atoms with Crippen molar-refractivity contribution in [2.45, 2.75) is 0 Å². The van der Waals surface area contributed by atoms with Crippen LogP contribution in [-0.4, -0.2) is 18.1 Å². The van der Waals surface area contributed by atoms with Gasteiger partial charge in [-0.25, -0.2) is 9.78 Å². The van der Waals surface area contributed by atoms with Crippen molar-refractivity contribution in [3.63, 3.8) is 0 Å². The number of aromatic nitrogens is 1. The molecule has 0 unspecified atom stereocenters. The molecule has 0 atom stereocenters. The zero-order valence-electron chi connectivity index (χ0n) is 7.28. The number of para-hydroxylation sites is 1. The van der Waals surface area contributed by atoms with E-state index in [1.165, 1.54) is 7.11 Å². The maximum absolute atomic E-state index is 11.1. The van der Waals surface area contributed by atoms with E-state index in [-0.39, 0.29) is 5.89 Å². The van der Waals surface area contributed by atoms with E-state index < -0.39 is 5.97 Å². The summed E-state index contributed by atoms with van der Waals surface area (Å²) in [5, 5.41) is 0. The quantitative estimate of drug-likeness (QED) is 0.735. The van der Waals surface area contributed by atoms with E-state index in [2.05, 4.69) is 25.7 Å². The Balaban J connectivity index is 2.62. The highest BCUT2D eigenvalue weighted by atomic mass is 79.9. The number of benzene rings is 1. The molecule has 0 N–H and O–H groups in total. The van der Waals surface area contributed by atoms with Crippen LogP contribution >= 0.6 is 15.9 Å².